The van der Waals surface area contributed by atoms with Crippen molar-refractivity contribution in [2.24, 2.45) is 15.9 Å². The first-order chi connectivity index (χ1) is 10.7. The quantitative estimate of drug-likeness (QED) is 0.861. The maximum atomic E-state index is 5.37. The molecule has 0 saturated carbocycles. The summed E-state index contributed by atoms with van der Waals surface area (Å²) in [5.41, 5.74) is 0.811. The molecule has 2 aliphatic rings. The van der Waals surface area contributed by atoms with Crippen LogP contribution in [-0.4, -0.2) is 30.9 Å². The highest BCUT2D eigenvalue weighted by Gasteiger charge is 2.30. The molecule has 2 heterocycles. The highest BCUT2D eigenvalue weighted by atomic mass is 32.1. The fraction of sp³-hybridized carbons (Fsp3) is 0.267. The van der Waals surface area contributed by atoms with Crippen molar-refractivity contribution in [1.29, 1.82) is 0 Å². The number of thiophene rings is 1. The predicted octanol–water partition coefficient (Wildman–Crippen LogP) is 2.67. The summed E-state index contributed by atoms with van der Waals surface area (Å²) in [6.45, 7) is 0.614. The molecule has 5 nitrogen and oxygen atoms in total. The van der Waals surface area contributed by atoms with Crippen LogP contribution in [0.5, 0.6) is 0 Å². The van der Waals surface area contributed by atoms with Gasteiger partial charge in [-0.15, -0.1) is 11.3 Å². The van der Waals surface area contributed by atoms with Gasteiger partial charge < -0.3 is 14.8 Å². The number of hydrogen-bond donors (Lipinski definition) is 1. The minimum Gasteiger partial charge on any atom is -0.493 e. The average Bonchev–Trinajstić information content (AvgIpc) is 3.04. The summed E-state index contributed by atoms with van der Waals surface area (Å²) in [5.74, 6) is 1.99. The van der Waals surface area contributed by atoms with Gasteiger partial charge in [0.05, 0.1) is 32.4 Å². The summed E-state index contributed by atoms with van der Waals surface area (Å²) in [5, 5.41) is 5.54. The van der Waals surface area contributed by atoms with Gasteiger partial charge in [-0.05, 0) is 29.7 Å². The highest BCUT2D eigenvalue weighted by Crippen LogP contribution is 2.25. The molecule has 0 spiro atoms. The SMILES string of the molecule is COC1=CC2=NC(=S)NC(=NCc3cccs3)C2C=C1OC. The Kier molecular flexibility index (Phi) is 4.35. The molecule has 1 aliphatic heterocycles. The van der Waals surface area contributed by atoms with Gasteiger partial charge in [0.1, 0.15) is 5.84 Å². The molecular weight excluding hydrogens is 318 g/mol. The van der Waals surface area contributed by atoms with Gasteiger partial charge in [-0.1, -0.05) is 6.07 Å². The number of methoxy groups -OCH3 is 2. The molecule has 3 rings (SSSR count). The molecule has 22 heavy (non-hydrogen) atoms. The Morgan fingerprint density at radius 2 is 2.18 bits per heavy atom. The molecule has 1 atom stereocenters. The lowest BCUT2D eigenvalue weighted by atomic mass is 9.94. The van der Waals surface area contributed by atoms with Crippen molar-refractivity contribution in [2.75, 3.05) is 14.2 Å². The van der Waals surface area contributed by atoms with Crippen molar-refractivity contribution in [1.82, 2.24) is 5.32 Å². The van der Waals surface area contributed by atoms with E-state index in [0.29, 0.717) is 23.2 Å². The minimum atomic E-state index is -0.0967. The van der Waals surface area contributed by atoms with Gasteiger partial charge in [0.2, 0.25) is 0 Å². The van der Waals surface area contributed by atoms with Gasteiger partial charge in [0, 0.05) is 11.0 Å². The van der Waals surface area contributed by atoms with Gasteiger partial charge >= 0.3 is 0 Å². The van der Waals surface area contributed by atoms with E-state index in [0.717, 1.165) is 11.5 Å². The Hall–Kier alpha value is -1.99. The molecule has 0 radical (unpaired) electrons. The fourth-order valence-corrected chi connectivity index (χ4v) is 3.14. The first-order valence-corrected chi connectivity index (χ1v) is 7.98. The van der Waals surface area contributed by atoms with Gasteiger partial charge in [-0.25, -0.2) is 4.99 Å². The summed E-state index contributed by atoms with van der Waals surface area (Å²) in [6, 6.07) is 4.08. The molecule has 0 aromatic carbocycles. The smallest absolute Gasteiger partial charge is 0.198 e. The molecule has 0 fully saturated rings. The molecule has 0 saturated heterocycles. The summed E-state index contributed by atoms with van der Waals surface area (Å²) >= 11 is 6.88. The molecule has 0 bridgehead atoms. The zero-order valence-corrected chi connectivity index (χ0v) is 13.8. The fourth-order valence-electron chi connectivity index (χ4n) is 2.30. The molecule has 1 aliphatic carbocycles. The van der Waals surface area contributed by atoms with Crippen LogP contribution in [0.3, 0.4) is 0 Å². The second-order valence-corrected chi connectivity index (χ2v) is 6.09. The monoisotopic (exact) mass is 333 g/mol. The van der Waals surface area contributed by atoms with Crippen LogP contribution in [0, 0.1) is 5.92 Å². The van der Waals surface area contributed by atoms with Crippen molar-refractivity contribution in [3.8, 4) is 0 Å². The van der Waals surface area contributed by atoms with Crippen molar-refractivity contribution >= 4 is 40.2 Å². The first-order valence-electron chi connectivity index (χ1n) is 6.69. The molecule has 1 aromatic heterocycles. The third-order valence-electron chi connectivity index (χ3n) is 3.34. The van der Waals surface area contributed by atoms with E-state index in [1.807, 2.05) is 23.6 Å². The van der Waals surface area contributed by atoms with Crippen molar-refractivity contribution in [3.05, 3.63) is 46.1 Å². The Morgan fingerprint density at radius 3 is 2.86 bits per heavy atom. The Bertz CT molecular complexity index is 702. The first kappa shape index (κ1) is 14.9. The van der Waals surface area contributed by atoms with E-state index < -0.39 is 0 Å². The standard InChI is InChI=1S/C15H15N3O2S2/c1-19-12-6-10-11(7-13(12)20-2)17-15(21)18-14(10)16-8-9-4-3-5-22-9/h3-7,10H,8H2,1-2H3,(H,16,18,21). The van der Waals surface area contributed by atoms with Gasteiger partial charge in [0.15, 0.2) is 16.6 Å². The van der Waals surface area contributed by atoms with E-state index in [1.54, 1.807) is 25.6 Å². The van der Waals surface area contributed by atoms with Crippen molar-refractivity contribution in [2.45, 2.75) is 6.54 Å². The van der Waals surface area contributed by atoms with Crippen molar-refractivity contribution in [3.63, 3.8) is 0 Å². The average molecular weight is 333 g/mol. The maximum Gasteiger partial charge on any atom is 0.198 e. The third kappa shape index (κ3) is 2.95. The summed E-state index contributed by atoms with van der Waals surface area (Å²) in [6.07, 6.45) is 3.79. The van der Waals surface area contributed by atoms with Gasteiger partial charge in [-0.2, -0.15) is 0 Å². The van der Waals surface area contributed by atoms with Crippen LogP contribution < -0.4 is 5.32 Å². The van der Waals surface area contributed by atoms with Crippen LogP contribution in [0.4, 0.5) is 0 Å². The van der Waals surface area contributed by atoms with Crippen LogP contribution in [0.2, 0.25) is 0 Å². The number of nitrogens with zero attached hydrogens (tertiary/aromatic N) is 2. The van der Waals surface area contributed by atoms with Crippen LogP contribution in [0.25, 0.3) is 0 Å². The summed E-state index contributed by atoms with van der Waals surface area (Å²) < 4.78 is 10.7. The van der Waals surface area contributed by atoms with Crippen LogP contribution in [-0.2, 0) is 16.0 Å². The number of rotatable bonds is 4. The lowest BCUT2D eigenvalue weighted by molar-refractivity contribution is 0.218. The molecular formula is C15H15N3O2S2. The van der Waals surface area contributed by atoms with E-state index in [9.17, 15) is 0 Å². The second kappa shape index (κ2) is 6.41. The zero-order valence-electron chi connectivity index (χ0n) is 12.2. The van der Waals surface area contributed by atoms with E-state index in [-0.39, 0.29) is 5.92 Å². The topological polar surface area (TPSA) is 55.2 Å². The number of aliphatic imine (C=N–C) groups is 2. The highest BCUT2D eigenvalue weighted by molar-refractivity contribution is 7.80. The number of fused-ring (bicyclic) bond motifs is 1. The summed E-state index contributed by atoms with van der Waals surface area (Å²) in [7, 11) is 3.22. The zero-order chi connectivity index (χ0) is 15.5. The number of thiocarbonyl (C=S) groups is 1. The van der Waals surface area contributed by atoms with E-state index in [1.165, 1.54) is 4.88 Å². The van der Waals surface area contributed by atoms with Crippen LogP contribution in [0.1, 0.15) is 4.88 Å². The Morgan fingerprint density at radius 1 is 1.36 bits per heavy atom. The lowest BCUT2D eigenvalue weighted by Crippen LogP contribution is -2.43. The number of amidine groups is 1. The Balaban J connectivity index is 1.92. The lowest BCUT2D eigenvalue weighted by Gasteiger charge is -2.27. The molecule has 1 unspecified atom stereocenters. The number of ether oxygens (including phenoxy) is 2. The van der Waals surface area contributed by atoms with E-state index in [4.69, 9.17) is 21.7 Å². The number of nitrogens with one attached hydrogen (secondary N) is 1. The van der Waals surface area contributed by atoms with Crippen LogP contribution >= 0.6 is 23.6 Å². The van der Waals surface area contributed by atoms with Gasteiger partial charge in [-0.3, -0.25) is 4.99 Å². The van der Waals surface area contributed by atoms with E-state index >= 15 is 0 Å². The Labute approximate surface area is 138 Å². The normalized spacial score (nSPS) is 22.3. The summed E-state index contributed by atoms with van der Waals surface area (Å²) in [4.78, 5) is 10.2. The minimum absolute atomic E-state index is 0.0967. The number of hydrogen-bond acceptors (Lipinski definition) is 5. The molecule has 0 amide bonds. The maximum absolute atomic E-state index is 5.37. The van der Waals surface area contributed by atoms with Crippen LogP contribution in [0.15, 0.2) is 51.2 Å². The van der Waals surface area contributed by atoms with Gasteiger partial charge in [0.25, 0.3) is 0 Å². The van der Waals surface area contributed by atoms with E-state index in [2.05, 4.69) is 21.4 Å². The number of allylic oxidation sites excluding steroid dienone is 1. The van der Waals surface area contributed by atoms with Crippen molar-refractivity contribution < 1.29 is 9.47 Å². The molecule has 1 N–H and O–H groups in total. The predicted molar refractivity (Wildman–Crippen MR) is 92.3 cm³/mol. The largest absolute Gasteiger partial charge is 0.493 e. The molecule has 1 aromatic rings. The third-order valence-corrected chi connectivity index (χ3v) is 4.40. The molecule has 114 valence electrons. The molecule has 7 heteroatoms. The second-order valence-electron chi connectivity index (χ2n) is 4.67.